The Kier molecular flexibility index (Phi) is 7.51. The molecule has 1 N–H and O–H groups in total. The first-order valence-electron chi connectivity index (χ1n) is 7.98. The molecule has 0 heterocycles. The van der Waals surface area contributed by atoms with E-state index in [1.165, 1.54) is 0 Å². The van der Waals surface area contributed by atoms with E-state index in [9.17, 15) is 4.79 Å². The lowest BCUT2D eigenvalue weighted by molar-refractivity contribution is 0.0896. The number of carbonyl (C=O) groups is 1. The number of hydrogen-bond acceptors (Lipinski definition) is 2. The third kappa shape index (κ3) is 5.77. The fourth-order valence-corrected chi connectivity index (χ4v) is 1.86. The van der Waals surface area contributed by atoms with Gasteiger partial charge in [0.25, 0.3) is 5.91 Å². The Morgan fingerprint density at radius 3 is 2.25 bits per heavy atom. The molecule has 4 nitrogen and oxygen atoms in total. The molecule has 0 aliphatic carbocycles. The molecule has 1 amide bonds. The summed E-state index contributed by atoms with van der Waals surface area (Å²) in [5.41, 5.74) is 0.495. The number of hydrogen-bond donors (Lipinski definition) is 1. The summed E-state index contributed by atoms with van der Waals surface area (Å²) >= 11 is 0. The summed E-state index contributed by atoms with van der Waals surface area (Å²) in [6, 6.07) is 16.4. The molecule has 0 saturated carbocycles. The third-order valence-electron chi connectivity index (χ3n) is 3.21. The molecule has 0 bridgehead atoms. The van der Waals surface area contributed by atoms with Crippen LogP contribution in [0.3, 0.4) is 0 Å². The number of nitrogens with one attached hydrogen (secondary N) is 1. The van der Waals surface area contributed by atoms with Crippen LogP contribution in [-0.2, 0) is 0 Å². The number of carbonyl (C=O) groups excluding carboxylic acids is 1. The SMILES string of the molecule is CC.[C-]#[N+]C(C)(COc1ccccc1)NC(=O)c1ccc(C)cc1. The van der Waals surface area contributed by atoms with Gasteiger partial charge in [0.15, 0.2) is 6.61 Å². The fraction of sp³-hybridized carbons (Fsp3) is 0.300. The summed E-state index contributed by atoms with van der Waals surface area (Å²) in [6.07, 6.45) is 0. The Morgan fingerprint density at radius 1 is 1.12 bits per heavy atom. The standard InChI is InChI=1S/C18H18N2O2.C2H6/c1-14-9-11-15(12-10-14)17(21)20-18(2,19-3)13-22-16-7-5-4-6-8-16;1-2/h4-12H,13H2,1-2H3,(H,20,21);1-2H3. The van der Waals surface area contributed by atoms with Crippen molar-refractivity contribution in [2.45, 2.75) is 33.4 Å². The molecule has 2 aromatic carbocycles. The molecule has 0 aliphatic heterocycles. The van der Waals surface area contributed by atoms with Crippen molar-refractivity contribution < 1.29 is 9.53 Å². The number of rotatable bonds is 5. The van der Waals surface area contributed by atoms with Gasteiger partial charge in [-0.25, -0.2) is 6.57 Å². The molecular formula is C20H24N2O2. The molecule has 0 fully saturated rings. The van der Waals surface area contributed by atoms with Crippen LogP contribution in [-0.4, -0.2) is 18.2 Å². The van der Waals surface area contributed by atoms with Crippen LogP contribution in [0.5, 0.6) is 5.75 Å². The summed E-state index contributed by atoms with van der Waals surface area (Å²) in [6.45, 7) is 15.0. The zero-order valence-corrected chi connectivity index (χ0v) is 14.7. The number of ether oxygens (including phenoxy) is 1. The van der Waals surface area contributed by atoms with E-state index in [1.54, 1.807) is 19.1 Å². The van der Waals surface area contributed by atoms with Gasteiger partial charge in [-0.2, -0.15) is 0 Å². The lowest BCUT2D eigenvalue weighted by atomic mass is 10.1. The predicted molar refractivity (Wildman–Crippen MR) is 96.9 cm³/mol. The first kappa shape index (κ1) is 19.2. The van der Waals surface area contributed by atoms with Crippen molar-refractivity contribution in [2.75, 3.05) is 6.61 Å². The molecule has 1 unspecified atom stereocenters. The van der Waals surface area contributed by atoms with Crippen molar-refractivity contribution >= 4 is 5.91 Å². The minimum Gasteiger partial charge on any atom is -0.483 e. The average Bonchev–Trinajstić information content (AvgIpc) is 2.63. The molecule has 126 valence electrons. The normalized spacial score (nSPS) is 12.0. The van der Waals surface area contributed by atoms with E-state index in [4.69, 9.17) is 11.3 Å². The molecule has 4 heteroatoms. The van der Waals surface area contributed by atoms with E-state index >= 15 is 0 Å². The molecule has 1 atom stereocenters. The zero-order chi connectivity index (χ0) is 18.0. The largest absolute Gasteiger partial charge is 0.483 e. The molecule has 2 aromatic rings. The Morgan fingerprint density at radius 2 is 1.71 bits per heavy atom. The van der Waals surface area contributed by atoms with E-state index < -0.39 is 5.66 Å². The third-order valence-corrected chi connectivity index (χ3v) is 3.21. The summed E-state index contributed by atoms with van der Waals surface area (Å²) in [4.78, 5) is 15.7. The van der Waals surface area contributed by atoms with Crippen molar-refractivity contribution in [2.24, 2.45) is 0 Å². The van der Waals surface area contributed by atoms with Crippen LogP contribution in [0.2, 0.25) is 0 Å². The molecule has 0 aromatic heterocycles. The maximum Gasteiger partial charge on any atom is 0.338 e. The van der Waals surface area contributed by atoms with E-state index in [2.05, 4.69) is 10.2 Å². The van der Waals surface area contributed by atoms with Crippen molar-refractivity contribution in [3.8, 4) is 5.75 Å². The summed E-state index contributed by atoms with van der Waals surface area (Å²) in [7, 11) is 0. The zero-order valence-electron chi connectivity index (χ0n) is 14.7. The monoisotopic (exact) mass is 324 g/mol. The molecule has 0 spiro atoms. The highest BCUT2D eigenvalue weighted by molar-refractivity contribution is 5.94. The van der Waals surface area contributed by atoms with Crippen molar-refractivity contribution in [1.29, 1.82) is 0 Å². The first-order valence-corrected chi connectivity index (χ1v) is 7.98. The maximum absolute atomic E-state index is 12.2. The smallest absolute Gasteiger partial charge is 0.338 e. The average molecular weight is 324 g/mol. The van der Waals surface area contributed by atoms with E-state index in [0.29, 0.717) is 11.3 Å². The van der Waals surface area contributed by atoms with Gasteiger partial charge in [0, 0.05) is 12.5 Å². The van der Waals surface area contributed by atoms with Gasteiger partial charge >= 0.3 is 5.66 Å². The van der Waals surface area contributed by atoms with Gasteiger partial charge in [-0.05, 0) is 31.2 Å². The van der Waals surface area contributed by atoms with E-state index in [1.807, 2.05) is 63.2 Å². The Balaban J connectivity index is 0.00000139. The van der Waals surface area contributed by atoms with Crippen LogP contribution in [0.4, 0.5) is 0 Å². The van der Waals surface area contributed by atoms with Gasteiger partial charge in [0.2, 0.25) is 0 Å². The lowest BCUT2D eigenvalue weighted by Crippen LogP contribution is -2.47. The number of nitrogens with zero attached hydrogens (tertiary/aromatic N) is 1. The summed E-state index contributed by atoms with van der Waals surface area (Å²) in [5, 5.41) is 2.73. The van der Waals surface area contributed by atoms with Crippen LogP contribution < -0.4 is 10.1 Å². The highest BCUT2D eigenvalue weighted by atomic mass is 16.5. The number of para-hydroxylation sites is 1. The highest BCUT2D eigenvalue weighted by Crippen LogP contribution is 2.14. The van der Waals surface area contributed by atoms with Crippen LogP contribution >= 0.6 is 0 Å². The van der Waals surface area contributed by atoms with Gasteiger partial charge < -0.3 is 4.74 Å². The van der Waals surface area contributed by atoms with Crippen LogP contribution in [0.15, 0.2) is 54.6 Å². The van der Waals surface area contributed by atoms with Gasteiger partial charge in [-0.1, -0.05) is 49.7 Å². The quantitative estimate of drug-likeness (QED) is 0.825. The molecule has 0 aliphatic rings. The minimum atomic E-state index is -1.11. The minimum absolute atomic E-state index is 0.0815. The van der Waals surface area contributed by atoms with Crippen LogP contribution in [0.1, 0.15) is 36.7 Å². The first-order chi connectivity index (χ1) is 11.5. The fourth-order valence-electron chi connectivity index (χ4n) is 1.86. The predicted octanol–water partition coefficient (Wildman–Crippen LogP) is 4.47. The Bertz CT molecular complexity index is 675. The van der Waals surface area contributed by atoms with Gasteiger partial charge in [-0.3, -0.25) is 15.0 Å². The van der Waals surface area contributed by atoms with Gasteiger partial charge in [-0.15, -0.1) is 0 Å². The lowest BCUT2D eigenvalue weighted by Gasteiger charge is -2.19. The molecule has 0 saturated heterocycles. The van der Waals surface area contributed by atoms with E-state index in [0.717, 1.165) is 5.56 Å². The van der Waals surface area contributed by atoms with Crippen LogP contribution in [0, 0.1) is 13.5 Å². The van der Waals surface area contributed by atoms with Crippen LogP contribution in [0.25, 0.3) is 4.85 Å². The number of aryl methyl sites for hydroxylation is 1. The topological polar surface area (TPSA) is 42.7 Å². The summed E-state index contributed by atoms with van der Waals surface area (Å²) < 4.78 is 5.59. The van der Waals surface area contributed by atoms with Crippen molar-refractivity contribution in [1.82, 2.24) is 5.32 Å². The van der Waals surface area contributed by atoms with Gasteiger partial charge in [0.1, 0.15) is 5.75 Å². The summed E-state index contributed by atoms with van der Waals surface area (Å²) in [5.74, 6) is 0.386. The van der Waals surface area contributed by atoms with Gasteiger partial charge in [0.05, 0.1) is 0 Å². The number of benzene rings is 2. The number of amides is 1. The van der Waals surface area contributed by atoms with E-state index in [-0.39, 0.29) is 12.5 Å². The molecule has 2 rings (SSSR count). The van der Waals surface area contributed by atoms with Crippen molar-refractivity contribution in [3.63, 3.8) is 0 Å². The van der Waals surface area contributed by atoms with Crippen molar-refractivity contribution in [3.05, 3.63) is 77.1 Å². The maximum atomic E-state index is 12.2. The second kappa shape index (κ2) is 9.36. The highest BCUT2D eigenvalue weighted by Gasteiger charge is 2.33. The second-order valence-corrected chi connectivity index (χ2v) is 5.31. The molecular weight excluding hydrogens is 300 g/mol. The Labute approximate surface area is 144 Å². The molecule has 0 radical (unpaired) electrons. The Hall–Kier alpha value is -2.80. The second-order valence-electron chi connectivity index (χ2n) is 5.31. The molecule has 24 heavy (non-hydrogen) atoms.